The summed E-state index contributed by atoms with van der Waals surface area (Å²) in [5.41, 5.74) is 0.675. The SMILES string of the molecule is O=C(COC(=O)c1cc(Cl)ccc1O)Nc1nc2ccccc2s1. The van der Waals surface area contributed by atoms with Crippen LogP contribution in [0.1, 0.15) is 10.4 Å². The molecule has 1 heterocycles. The second-order valence-electron chi connectivity index (χ2n) is 4.77. The molecule has 1 aromatic heterocycles. The predicted octanol–water partition coefficient (Wildman–Crippen LogP) is 3.45. The highest BCUT2D eigenvalue weighted by Crippen LogP contribution is 2.25. The molecule has 0 unspecified atom stereocenters. The molecule has 0 spiro atoms. The van der Waals surface area contributed by atoms with Gasteiger partial charge in [-0.05, 0) is 30.3 Å². The van der Waals surface area contributed by atoms with E-state index in [1.807, 2.05) is 24.3 Å². The summed E-state index contributed by atoms with van der Waals surface area (Å²) >= 11 is 7.08. The molecule has 3 aromatic rings. The number of phenolic OH excluding ortho intramolecular Hbond substituents is 1. The second kappa shape index (κ2) is 6.86. The van der Waals surface area contributed by atoms with E-state index in [1.54, 1.807) is 0 Å². The van der Waals surface area contributed by atoms with Crippen LogP contribution in [0.3, 0.4) is 0 Å². The minimum Gasteiger partial charge on any atom is -0.507 e. The van der Waals surface area contributed by atoms with E-state index in [0.29, 0.717) is 5.13 Å². The van der Waals surface area contributed by atoms with E-state index in [0.717, 1.165) is 10.2 Å². The number of carbonyl (C=O) groups is 2. The van der Waals surface area contributed by atoms with Gasteiger partial charge in [-0.2, -0.15) is 0 Å². The lowest BCUT2D eigenvalue weighted by atomic mass is 10.2. The minimum atomic E-state index is -0.838. The number of anilines is 1. The summed E-state index contributed by atoms with van der Waals surface area (Å²) in [6.45, 7) is -0.499. The van der Waals surface area contributed by atoms with Crippen LogP contribution in [0.2, 0.25) is 5.02 Å². The maximum atomic E-state index is 11.9. The number of nitrogens with one attached hydrogen (secondary N) is 1. The zero-order chi connectivity index (χ0) is 17.1. The highest BCUT2D eigenvalue weighted by molar-refractivity contribution is 7.22. The van der Waals surface area contributed by atoms with E-state index in [-0.39, 0.29) is 16.3 Å². The monoisotopic (exact) mass is 362 g/mol. The molecule has 6 nitrogen and oxygen atoms in total. The Morgan fingerprint density at radius 3 is 2.83 bits per heavy atom. The molecule has 0 fully saturated rings. The number of hydrogen-bond donors (Lipinski definition) is 2. The van der Waals surface area contributed by atoms with Gasteiger partial charge in [-0.15, -0.1) is 0 Å². The molecular weight excluding hydrogens is 352 g/mol. The molecule has 0 saturated carbocycles. The number of nitrogens with zero attached hydrogens (tertiary/aromatic N) is 1. The molecule has 3 rings (SSSR count). The number of rotatable bonds is 4. The number of aromatic nitrogens is 1. The van der Waals surface area contributed by atoms with E-state index in [9.17, 15) is 14.7 Å². The summed E-state index contributed by atoms with van der Waals surface area (Å²) in [4.78, 5) is 28.0. The first-order valence-electron chi connectivity index (χ1n) is 6.84. The summed E-state index contributed by atoms with van der Waals surface area (Å²) in [5, 5.41) is 12.9. The van der Waals surface area contributed by atoms with E-state index in [4.69, 9.17) is 16.3 Å². The van der Waals surface area contributed by atoms with Crippen LogP contribution in [0.25, 0.3) is 10.2 Å². The topological polar surface area (TPSA) is 88.5 Å². The lowest BCUT2D eigenvalue weighted by molar-refractivity contribution is -0.119. The Balaban J connectivity index is 1.61. The van der Waals surface area contributed by atoms with Crippen molar-refractivity contribution in [3.63, 3.8) is 0 Å². The van der Waals surface area contributed by atoms with Gasteiger partial charge in [-0.1, -0.05) is 35.1 Å². The normalized spacial score (nSPS) is 10.5. The Bertz CT molecular complexity index is 892. The number of aromatic hydroxyl groups is 1. The van der Waals surface area contributed by atoms with Gasteiger partial charge in [0.1, 0.15) is 11.3 Å². The molecule has 0 atom stereocenters. The third-order valence-corrected chi connectivity index (χ3v) is 4.24. The zero-order valence-electron chi connectivity index (χ0n) is 12.2. The Hall–Kier alpha value is -2.64. The fraction of sp³-hybridized carbons (Fsp3) is 0.0625. The van der Waals surface area contributed by atoms with Gasteiger partial charge in [0, 0.05) is 5.02 Å². The lowest BCUT2D eigenvalue weighted by Gasteiger charge is -2.06. The average molecular weight is 363 g/mol. The molecule has 0 bridgehead atoms. The molecule has 0 saturated heterocycles. The number of carbonyl (C=O) groups excluding carboxylic acids is 2. The number of phenols is 1. The fourth-order valence-corrected chi connectivity index (χ4v) is 3.02. The van der Waals surface area contributed by atoms with Gasteiger partial charge in [0.15, 0.2) is 11.7 Å². The average Bonchev–Trinajstić information content (AvgIpc) is 2.97. The Morgan fingerprint density at radius 2 is 2.04 bits per heavy atom. The predicted molar refractivity (Wildman–Crippen MR) is 91.6 cm³/mol. The van der Waals surface area contributed by atoms with Gasteiger partial charge >= 0.3 is 5.97 Å². The standard InChI is InChI=1S/C16H11ClN2O4S/c17-9-5-6-12(20)10(7-9)15(22)23-8-14(21)19-16-18-11-3-1-2-4-13(11)24-16/h1-7,20H,8H2,(H,18,19,21). The second-order valence-corrected chi connectivity index (χ2v) is 6.24. The minimum absolute atomic E-state index is 0.102. The number of para-hydroxylation sites is 1. The van der Waals surface area contributed by atoms with Crippen molar-refractivity contribution in [2.75, 3.05) is 11.9 Å². The summed E-state index contributed by atoms with van der Waals surface area (Å²) in [6.07, 6.45) is 0. The third kappa shape index (κ3) is 3.64. The highest BCUT2D eigenvalue weighted by Gasteiger charge is 2.15. The van der Waals surface area contributed by atoms with Gasteiger partial charge < -0.3 is 9.84 Å². The van der Waals surface area contributed by atoms with Crippen molar-refractivity contribution >= 4 is 50.2 Å². The maximum Gasteiger partial charge on any atom is 0.342 e. The van der Waals surface area contributed by atoms with Crippen LogP contribution in [0.5, 0.6) is 5.75 Å². The summed E-state index contributed by atoms with van der Waals surface area (Å²) in [7, 11) is 0. The number of hydrogen-bond acceptors (Lipinski definition) is 6. The van der Waals surface area contributed by atoms with Crippen molar-refractivity contribution in [2.45, 2.75) is 0 Å². The Morgan fingerprint density at radius 1 is 1.25 bits per heavy atom. The van der Waals surface area contributed by atoms with Crippen LogP contribution in [-0.2, 0) is 9.53 Å². The van der Waals surface area contributed by atoms with Gasteiger partial charge in [-0.25, -0.2) is 9.78 Å². The van der Waals surface area contributed by atoms with Crippen LogP contribution in [0.15, 0.2) is 42.5 Å². The third-order valence-electron chi connectivity index (χ3n) is 3.05. The molecule has 0 radical (unpaired) electrons. The van der Waals surface area contributed by atoms with E-state index in [2.05, 4.69) is 10.3 Å². The van der Waals surface area contributed by atoms with E-state index < -0.39 is 18.5 Å². The van der Waals surface area contributed by atoms with Crippen molar-refractivity contribution < 1.29 is 19.4 Å². The number of esters is 1. The number of fused-ring (bicyclic) bond motifs is 1. The molecule has 1 amide bonds. The van der Waals surface area contributed by atoms with Crippen molar-refractivity contribution in [3.8, 4) is 5.75 Å². The first-order valence-corrected chi connectivity index (χ1v) is 8.03. The van der Waals surface area contributed by atoms with Crippen LogP contribution in [-0.4, -0.2) is 28.6 Å². The molecule has 0 aliphatic rings. The molecule has 0 aliphatic heterocycles. The molecular formula is C16H11ClN2O4S. The smallest absolute Gasteiger partial charge is 0.342 e. The zero-order valence-corrected chi connectivity index (χ0v) is 13.7. The molecule has 24 heavy (non-hydrogen) atoms. The number of benzene rings is 2. The first kappa shape index (κ1) is 16.2. The summed E-state index contributed by atoms with van der Waals surface area (Å²) in [6, 6.07) is 11.4. The maximum absolute atomic E-state index is 11.9. The van der Waals surface area contributed by atoms with Crippen LogP contribution in [0, 0.1) is 0 Å². The quantitative estimate of drug-likeness (QED) is 0.694. The van der Waals surface area contributed by atoms with Gasteiger partial charge in [-0.3, -0.25) is 10.1 Å². The molecule has 2 aromatic carbocycles. The van der Waals surface area contributed by atoms with Gasteiger partial charge in [0.05, 0.1) is 10.2 Å². The van der Waals surface area contributed by atoms with Crippen molar-refractivity contribution in [1.82, 2.24) is 4.98 Å². The molecule has 8 heteroatoms. The van der Waals surface area contributed by atoms with Crippen LogP contribution < -0.4 is 5.32 Å². The summed E-state index contributed by atoms with van der Waals surface area (Å²) < 4.78 is 5.82. The van der Waals surface area contributed by atoms with Crippen LogP contribution in [0.4, 0.5) is 5.13 Å². The van der Waals surface area contributed by atoms with E-state index in [1.165, 1.54) is 29.5 Å². The molecule has 0 aliphatic carbocycles. The Labute approximate surface area is 145 Å². The van der Waals surface area contributed by atoms with Crippen molar-refractivity contribution in [2.24, 2.45) is 0 Å². The number of ether oxygens (including phenoxy) is 1. The largest absolute Gasteiger partial charge is 0.507 e. The van der Waals surface area contributed by atoms with E-state index >= 15 is 0 Å². The van der Waals surface area contributed by atoms with Crippen molar-refractivity contribution in [3.05, 3.63) is 53.1 Å². The highest BCUT2D eigenvalue weighted by atomic mass is 35.5. The molecule has 122 valence electrons. The summed E-state index contributed by atoms with van der Waals surface area (Å²) in [5.74, 6) is -1.63. The molecule has 2 N–H and O–H groups in total. The number of thiazole rings is 1. The Kier molecular flexibility index (Phi) is 4.64. The fourth-order valence-electron chi connectivity index (χ4n) is 1.96. The number of amides is 1. The van der Waals surface area contributed by atoms with Crippen molar-refractivity contribution in [1.29, 1.82) is 0 Å². The first-order chi connectivity index (χ1) is 11.5. The lowest BCUT2D eigenvalue weighted by Crippen LogP contribution is -2.20. The van der Waals surface area contributed by atoms with Gasteiger partial charge in [0.2, 0.25) is 0 Å². The number of halogens is 1. The van der Waals surface area contributed by atoms with Gasteiger partial charge in [0.25, 0.3) is 5.91 Å². The van der Waals surface area contributed by atoms with Crippen LogP contribution >= 0.6 is 22.9 Å².